The molecule has 0 unspecified atom stereocenters. The molecule has 0 bridgehead atoms. The van der Waals surface area contributed by atoms with E-state index in [4.69, 9.17) is 0 Å². The maximum atomic E-state index is 13.3. The Hall–Kier alpha value is -3.63. The van der Waals surface area contributed by atoms with E-state index in [-0.39, 0.29) is 5.91 Å². The Labute approximate surface area is 202 Å². The predicted molar refractivity (Wildman–Crippen MR) is 140 cm³/mol. The molecular formula is C30H31N3O. The third-order valence-electron chi connectivity index (χ3n) is 6.58. The van der Waals surface area contributed by atoms with Crippen LogP contribution in [-0.4, -0.2) is 48.4 Å². The van der Waals surface area contributed by atoms with Crippen molar-refractivity contribution in [1.29, 1.82) is 0 Å². The van der Waals surface area contributed by atoms with Crippen molar-refractivity contribution in [3.63, 3.8) is 0 Å². The summed E-state index contributed by atoms with van der Waals surface area (Å²) in [7, 11) is 0. The van der Waals surface area contributed by atoms with E-state index >= 15 is 0 Å². The molecule has 1 aliphatic rings. The molecule has 1 heterocycles. The molecule has 172 valence electrons. The first-order chi connectivity index (χ1) is 16.7. The van der Waals surface area contributed by atoms with E-state index in [1.165, 1.54) is 27.6 Å². The van der Waals surface area contributed by atoms with Crippen LogP contribution in [0.25, 0.3) is 10.8 Å². The molecule has 0 radical (unpaired) electrons. The first-order valence-corrected chi connectivity index (χ1v) is 12.1. The Bertz CT molecular complexity index is 1220. The first-order valence-electron chi connectivity index (χ1n) is 12.1. The van der Waals surface area contributed by atoms with E-state index in [0.717, 1.165) is 39.3 Å². The highest BCUT2D eigenvalue weighted by Gasteiger charge is 2.23. The zero-order valence-electron chi connectivity index (χ0n) is 19.5. The number of amides is 1. The Balaban J connectivity index is 1.26. The number of benzene rings is 4. The summed E-state index contributed by atoms with van der Waals surface area (Å²) >= 11 is 0. The summed E-state index contributed by atoms with van der Waals surface area (Å²) in [5, 5.41) is 2.48. The Morgan fingerprint density at radius 1 is 0.647 bits per heavy atom. The minimum absolute atomic E-state index is 0.212. The molecule has 0 spiro atoms. The van der Waals surface area contributed by atoms with Crippen LogP contribution in [0.1, 0.15) is 11.1 Å². The summed E-state index contributed by atoms with van der Waals surface area (Å²) in [6, 6.07) is 35.9. The largest absolute Gasteiger partial charge is 0.368 e. The van der Waals surface area contributed by atoms with Gasteiger partial charge in [0.15, 0.2) is 0 Å². The molecule has 1 aliphatic heterocycles. The standard InChI is InChI=1S/C30H31N3O/c34-30(33-19-17-32(18-20-33)29-13-5-2-6-14-29)24-31(22-25-9-3-1-4-10-25)23-26-15-16-27-11-7-8-12-28(27)21-26/h1-16,21H,17-20,22-24H2. The monoisotopic (exact) mass is 449 g/mol. The fourth-order valence-corrected chi connectivity index (χ4v) is 4.75. The van der Waals surface area contributed by atoms with E-state index in [2.05, 4.69) is 101 Å². The maximum absolute atomic E-state index is 13.3. The molecule has 1 saturated heterocycles. The topological polar surface area (TPSA) is 26.8 Å². The molecule has 4 nitrogen and oxygen atoms in total. The molecule has 4 heteroatoms. The summed E-state index contributed by atoms with van der Waals surface area (Å²) < 4.78 is 0. The summed E-state index contributed by atoms with van der Waals surface area (Å²) in [5.74, 6) is 0.212. The summed E-state index contributed by atoms with van der Waals surface area (Å²) in [6.07, 6.45) is 0. The average molecular weight is 450 g/mol. The highest BCUT2D eigenvalue weighted by molar-refractivity contribution is 5.83. The lowest BCUT2D eigenvalue weighted by atomic mass is 10.1. The number of rotatable bonds is 7. The molecular weight excluding hydrogens is 418 g/mol. The molecule has 1 amide bonds. The smallest absolute Gasteiger partial charge is 0.236 e. The number of hydrogen-bond donors (Lipinski definition) is 0. The second-order valence-corrected chi connectivity index (χ2v) is 9.02. The highest BCUT2D eigenvalue weighted by Crippen LogP contribution is 2.19. The second-order valence-electron chi connectivity index (χ2n) is 9.02. The number of fused-ring (bicyclic) bond motifs is 1. The van der Waals surface area contributed by atoms with Crippen LogP contribution < -0.4 is 4.90 Å². The molecule has 0 aliphatic carbocycles. The third-order valence-corrected chi connectivity index (χ3v) is 6.58. The van der Waals surface area contributed by atoms with Gasteiger partial charge in [-0.15, -0.1) is 0 Å². The number of piperazine rings is 1. The second kappa shape index (κ2) is 10.5. The van der Waals surface area contributed by atoms with Crippen molar-refractivity contribution in [2.45, 2.75) is 13.1 Å². The van der Waals surface area contributed by atoms with Crippen molar-refractivity contribution in [3.05, 3.63) is 114 Å². The maximum Gasteiger partial charge on any atom is 0.236 e. The molecule has 5 rings (SSSR count). The number of para-hydroxylation sites is 1. The van der Waals surface area contributed by atoms with Crippen molar-refractivity contribution >= 4 is 22.4 Å². The lowest BCUT2D eigenvalue weighted by molar-refractivity contribution is -0.133. The van der Waals surface area contributed by atoms with Gasteiger partial charge < -0.3 is 9.80 Å². The van der Waals surface area contributed by atoms with Gasteiger partial charge in [0.25, 0.3) is 0 Å². The van der Waals surface area contributed by atoms with Gasteiger partial charge >= 0.3 is 0 Å². The highest BCUT2D eigenvalue weighted by atomic mass is 16.2. The minimum atomic E-state index is 0.212. The van der Waals surface area contributed by atoms with Gasteiger partial charge in [0.1, 0.15) is 0 Å². The molecule has 34 heavy (non-hydrogen) atoms. The van der Waals surface area contributed by atoms with E-state index in [0.29, 0.717) is 6.54 Å². The van der Waals surface area contributed by atoms with Crippen molar-refractivity contribution in [3.8, 4) is 0 Å². The predicted octanol–water partition coefficient (Wildman–Crippen LogP) is 5.19. The van der Waals surface area contributed by atoms with Crippen molar-refractivity contribution in [2.24, 2.45) is 0 Å². The summed E-state index contributed by atoms with van der Waals surface area (Å²) in [5.41, 5.74) is 3.69. The lowest BCUT2D eigenvalue weighted by Gasteiger charge is -2.37. The minimum Gasteiger partial charge on any atom is -0.368 e. The van der Waals surface area contributed by atoms with E-state index in [1.807, 2.05) is 17.0 Å². The number of anilines is 1. The molecule has 0 aromatic heterocycles. The van der Waals surface area contributed by atoms with E-state index < -0.39 is 0 Å². The van der Waals surface area contributed by atoms with E-state index in [1.54, 1.807) is 0 Å². The van der Waals surface area contributed by atoms with Crippen LogP contribution in [0.4, 0.5) is 5.69 Å². The van der Waals surface area contributed by atoms with Crippen LogP contribution in [0.2, 0.25) is 0 Å². The molecule has 0 saturated carbocycles. The molecule has 0 N–H and O–H groups in total. The van der Waals surface area contributed by atoms with Crippen molar-refractivity contribution < 1.29 is 4.79 Å². The zero-order chi connectivity index (χ0) is 23.2. The van der Waals surface area contributed by atoms with Crippen LogP contribution in [-0.2, 0) is 17.9 Å². The van der Waals surface area contributed by atoms with Gasteiger partial charge in [0.2, 0.25) is 5.91 Å². The van der Waals surface area contributed by atoms with Crippen LogP contribution in [0.3, 0.4) is 0 Å². The number of hydrogen-bond acceptors (Lipinski definition) is 3. The van der Waals surface area contributed by atoms with Gasteiger partial charge in [-0.1, -0.05) is 84.9 Å². The number of nitrogens with zero attached hydrogens (tertiary/aromatic N) is 3. The molecule has 4 aromatic carbocycles. The van der Waals surface area contributed by atoms with Crippen LogP contribution >= 0.6 is 0 Å². The van der Waals surface area contributed by atoms with Crippen molar-refractivity contribution in [1.82, 2.24) is 9.80 Å². The van der Waals surface area contributed by atoms with Gasteiger partial charge in [-0.25, -0.2) is 0 Å². The van der Waals surface area contributed by atoms with E-state index in [9.17, 15) is 4.79 Å². The molecule has 0 atom stereocenters. The zero-order valence-corrected chi connectivity index (χ0v) is 19.5. The number of carbonyl (C=O) groups is 1. The lowest BCUT2D eigenvalue weighted by Crippen LogP contribution is -2.51. The Kier molecular flexibility index (Phi) is 6.87. The van der Waals surface area contributed by atoms with Gasteiger partial charge in [0.05, 0.1) is 6.54 Å². The first kappa shape index (κ1) is 22.2. The van der Waals surface area contributed by atoms with Gasteiger partial charge in [-0.05, 0) is 40.1 Å². The van der Waals surface area contributed by atoms with Crippen molar-refractivity contribution in [2.75, 3.05) is 37.6 Å². The molecule has 1 fully saturated rings. The van der Waals surface area contributed by atoms with Gasteiger partial charge in [-0.3, -0.25) is 9.69 Å². The fraction of sp³-hybridized carbons (Fsp3) is 0.233. The van der Waals surface area contributed by atoms with Gasteiger partial charge in [-0.2, -0.15) is 0 Å². The summed E-state index contributed by atoms with van der Waals surface area (Å²) in [6.45, 7) is 5.20. The third kappa shape index (κ3) is 5.46. The Morgan fingerprint density at radius 3 is 2.00 bits per heavy atom. The quantitative estimate of drug-likeness (QED) is 0.388. The van der Waals surface area contributed by atoms with Crippen LogP contribution in [0.5, 0.6) is 0 Å². The fourth-order valence-electron chi connectivity index (χ4n) is 4.75. The Morgan fingerprint density at radius 2 is 1.26 bits per heavy atom. The average Bonchev–Trinajstić information content (AvgIpc) is 2.90. The van der Waals surface area contributed by atoms with Crippen LogP contribution in [0.15, 0.2) is 103 Å². The molecule has 4 aromatic rings. The number of carbonyl (C=O) groups excluding carboxylic acids is 1. The van der Waals surface area contributed by atoms with Crippen LogP contribution in [0, 0.1) is 0 Å². The van der Waals surface area contributed by atoms with Gasteiger partial charge in [0, 0.05) is 45.0 Å². The summed E-state index contributed by atoms with van der Waals surface area (Å²) in [4.78, 5) is 20.0. The normalized spacial score (nSPS) is 14.0. The SMILES string of the molecule is O=C(CN(Cc1ccccc1)Cc1ccc2ccccc2c1)N1CCN(c2ccccc2)CC1.